The zero-order valence-electron chi connectivity index (χ0n) is 13.2. The second-order valence-electron chi connectivity index (χ2n) is 6.26. The van der Waals surface area contributed by atoms with Gasteiger partial charge in [0.1, 0.15) is 0 Å². The minimum absolute atomic E-state index is 0.0459. The Bertz CT molecular complexity index is 508. The molecule has 0 saturated carbocycles. The predicted molar refractivity (Wildman–Crippen MR) is 82.9 cm³/mol. The van der Waals surface area contributed by atoms with Gasteiger partial charge in [-0.2, -0.15) is 13.2 Å². The second-order valence-corrected chi connectivity index (χ2v) is 6.26. The number of piperidine rings is 1. The van der Waals surface area contributed by atoms with Gasteiger partial charge < -0.3 is 10.6 Å². The van der Waals surface area contributed by atoms with Gasteiger partial charge in [0.25, 0.3) is 0 Å². The monoisotopic (exact) mass is 328 g/mol. The molecule has 0 bridgehead atoms. The maximum Gasteiger partial charge on any atom is 0.416 e. The van der Waals surface area contributed by atoms with Crippen LogP contribution in [0.25, 0.3) is 0 Å². The smallest absolute Gasteiger partial charge is 0.356 e. The molecule has 23 heavy (non-hydrogen) atoms. The van der Waals surface area contributed by atoms with E-state index in [2.05, 4.69) is 10.6 Å². The fraction of sp³-hybridized carbons (Fsp3) is 0.588. The highest BCUT2D eigenvalue weighted by Gasteiger charge is 2.30. The molecule has 1 aromatic carbocycles. The van der Waals surface area contributed by atoms with Crippen molar-refractivity contribution in [2.24, 2.45) is 11.8 Å². The van der Waals surface area contributed by atoms with E-state index in [1.807, 2.05) is 0 Å². The van der Waals surface area contributed by atoms with E-state index in [0.29, 0.717) is 18.9 Å². The summed E-state index contributed by atoms with van der Waals surface area (Å²) in [6, 6.07) is 5.01. The molecule has 0 radical (unpaired) electrons. The van der Waals surface area contributed by atoms with Crippen molar-refractivity contribution >= 4 is 5.91 Å². The Labute approximate surface area is 134 Å². The van der Waals surface area contributed by atoms with Crippen LogP contribution in [-0.2, 0) is 17.4 Å². The number of alkyl halides is 3. The molecule has 128 valence electrons. The number of hydrogen-bond acceptors (Lipinski definition) is 2. The van der Waals surface area contributed by atoms with Gasteiger partial charge in [-0.05, 0) is 56.0 Å². The Morgan fingerprint density at radius 3 is 2.61 bits per heavy atom. The fourth-order valence-electron chi connectivity index (χ4n) is 2.79. The summed E-state index contributed by atoms with van der Waals surface area (Å²) in [6.07, 6.45) is -1.65. The summed E-state index contributed by atoms with van der Waals surface area (Å²) >= 11 is 0. The maximum absolute atomic E-state index is 12.5. The van der Waals surface area contributed by atoms with Gasteiger partial charge in [0.2, 0.25) is 5.91 Å². The molecule has 1 heterocycles. The lowest BCUT2D eigenvalue weighted by Crippen LogP contribution is -2.40. The summed E-state index contributed by atoms with van der Waals surface area (Å²) in [4.78, 5) is 12.1. The van der Waals surface area contributed by atoms with Gasteiger partial charge in [0, 0.05) is 12.5 Å². The first-order valence-electron chi connectivity index (χ1n) is 8.01. The van der Waals surface area contributed by atoms with Crippen LogP contribution in [0.1, 0.15) is 30.9 Å². The molecule has 1 fully saturated rings. The highest BCUT2D eigenvalue weighted by Crippen LogP contribution is 2.29. The van der Waals surface area contributed by atoms with Gasteiger partial charge in [-0.15, -0.1) is 0 Å². The summed E-state index contributed by atoms with van der Waals surface area (Å²) < 4.78 is 37.6. The topological polar surface area (TPSA) is 41.1 Å². The van der Waals surface area contributed by atoms with Crippen molar-refractivity contribution in [2.75, 3.05) is 19.6 Å². The molecule has 2 unspecified atom stereocenters. The Hall–Kier alpha value is -1.56. The lowest BCUT2D eigenvalue weighted by molar-refractivity contribution is -0.137. The molecular weight excluding hydrogens is 305 g/mol. The van der Waals surface area contributed by atoms with E-state index in [0.717, 1.165) is 43.6 Å². The van der Waals surface area contributed by atoms with Crippen LogP contribution in [0.15, 0.2) is 24.3 Å². The summed E-state index contributed by atoms with van der Waals surface area (Å²) in [5, 5.41) is 6.25. The Kier molecular flexibility index (Phi) is 6.04. The van der Waals surface area contributed by atoms with Crippen molar-refractivity contribution in [3.63, 3.8) is 0 Å². The van der Waals surface area contributed by atoms with Gasteiger partial charge >= 0.3 is 6.18 Å². The molecule has 1 aliphatic heterocycles. The number of hydrogen-bond donors (Lipinski definition) is 2. The number of halogens is 3. The van der Waals surface area contributed by atoms with Crippen LogP contribution < -0.4 is 10.6 Å². The molecule has 1 aliphatic rings. The third-order valence-corrected chi connectivity index (χ3v) is 4.23. The number of carbonyl (C=O) groups excluding carboxylic acids is 1. The average Bonchev–Trinajstić information content (AvgIpc) is 2.53. The maximum atomic E-state index is 12.5. The minimum atomic E-state index is -4.32. The highest BCUT2D eigenvalue weighted by atomic mass is 19.4. The fourth-order valence-corrected chi connectivity index (χ4v) is 2.79. The normalized spacial score (nSPS) is 20.1. The molecule has 1 amide bonds. The number of amides is 1. The van der Waals surface area contributed by atoms with Crippen LogP contribution in [-0.4, -0.2) is 25.5 Å². The number of carbonyl (C=O) groups is 1. The van der Waals surface area contributed by atoms with E-state index in [1.54, 1.807) is 6.92 Å². The van der Waals surface area contributed by atoms with Gasteiger partial charge in [-0.1, -0.05) is 19.1 Å². The van der Waals surface area contributed by atoms with Gasteiger partial charge in [-0.25, -0.2) is 0 Å². The molecule has 6 heteroatoms. The SMILES string of the molecule is CC(Cc1ccc(C(F)(F)F)cc1)C(=O)NCC1CCCNC1. The largest absolute Gasteiger partial charge is 0.416 e. The zero-order chi connectivity index (χ0) is 16.9. The minimum Gasteiger partial charge on any atom is -0.356 e. The molecule has 3 nitrogen and oxygen atoms in total. The summed E-state index contributed by atoms with van der Waals surface area (Å²) in [7, 11) is 0. The Balaban J connectivity index is 1.80. The Morgan fingerprint density at radius 1 is 1.35 bits per heavy atom. The first kappa shape index (κ1) is 17.8. The molecule has 0 aromatic heterocycles. The van der Waals surface area contributed by atoms with E-state index in [1.165, 1.54) is 12.1 Å². The quantitative estimate of drug-likeness (QED) is 0.872. The Morgan fingerprint density at radius 2 is 2.04 bits per heavy atom. The van der Waals surface area contributed by atoms with Crippen molar-refractivity contribution in [1.82, 2.24) is 10.6 Å². The summed E-state index contributed by atoms with van der Waals surface area (Å²) in [5.74, 6) is 0.157. The second kappa shape index (κ2) is 7.81. The number of rotatable bonds is 5. The standard InChI is InChI=1S/C17H23F3N2O/c1-12(16(23)22-11-14-3-2-8-21-10-14)9-13-4-6-15(7-5-13)17(18,19)20/h4-7,12,14,21H,2-3,8-11H2,1H3,(H,22,23). The highest BCUT2D eigenvalue weighted by molar-refractivity contribution is 5.78. The molecule has 1 saturated heterocycles. The van der Waals surface area contributed by atoms with E-state index in [-0.39, 0.29) is 11.8 Å². The van der Waals surface area contributed by atoms with Gasteiger partial charge in [-0.3, -0.25) is 4.79 Å². The first-order chi connectivity index (χ1) is 10.9. The van der Waals surface area contributed by atoms with Crippen LogP contribution >= 0.6 is 0 Å². The molecule has 2 N–H and O–H groups in total. The molecular formula is C17H23F3N2O. The lowest BCUT2D eigenvalue weighted by atomic mass is 9.97. The van der Waals surface area contributed by atoms with Gasteiger partial charge in [0.15, 0.2) is 0 Å². The van der Waals surface area contributed by atoms with Crippen LogP contribution in [0.2, 0.25) is 0 Å². The van der Waals surface area contributed by atoms with Gasteiger partial charge in [0.05, 0.1) is 5.56 Å². The van der Waals surface area contributed by atoms with E-state index in [4.69, 9.17) is 0 Å². The summed E-state index contributed by atoms with van der Waals surface area (Å²) in [5.41, 5.74) is 0.0723. The summed E-state index contributed by atoms with van der Waals surface area (Å²) in [6.45, 7) is 4.41. The van der Waals surface area contributed by atoms with Crippen molar-refractivity contribution < 1.29 is 18.0 Å². The third kappa shape index (κ3) is 5.53. The molecule has 1 aromatic rings. The van der Waals surface area contributed by atoms with Crippen molar-refractivity contribution in [3.8, 4) is 0 Å². The van der Waals surface area contributed by atoms with E-state index in [9.17, 15) is 18.0 Å². The molecule has 2 rings (SSSR count). The molecule has 2 atom stereocenters. The van der Waals surface area contributed by atoms with Crippen molar-refractivity contribution in [1.29, 1.82) is 0 Å². The third-order valence-electron chi connectivity index (χ3n) is 4.23. The van der Waals surface area contributed by atoms with E-state index < -0.39 is 11.7 Å². The number of nitrogens with one attached hydrogen (secondary N) is 2. The van der Waals surface area contributed by atoms with E-state index >= 15 is 0 Å². The zero-order valence-corrected chi connectivity index (χ0v) is 13.2. The van der Waals surface area contributed by atoms with Crippen LogP contribution in [0, 0.1) is 11.8 Å². The van der Waals surface area contributed by atoms with Crippen molar-refractivity contribution in [2.45, 2.75) is 32.4 Å². The van der Waals surface area contributed by atoms with Crippen LogP contribution in [0.4, 0.5) is 13.2 Å². The molecule has 0 aliphatic carbocycles. The van der Waals surface area contributed by atoms with Crippen molar-refractivity contribution in [3.05, 3.63) is 35.4 Å². The first-order valence-corrected chi connectivity index (χ1v) is 8.01. The average molecular weight is 328 g/mol. The predicted octanol–water partition coefficient (Wildman–Crippen LogP) is 3.00. The van der Waals surface area contributed by atoms with Crippen LogP contribution in [0.3, 0.4) is 0 Å². The van der Waals surface area contributed by atoms with Crippen LogP contribution in [0.5, 0.6) is 0 Å². The molecule has 0 spiro atoms. The number of benzene rings is 1. The lowest BCUT2D eigenvalue weighted by Gasteiger charge is -2.23.